The molecular formula is C16H18N4O3S2. The number of nitriles is 1. The van der Waals surface area contributed by atoms with Crippen LogP contribution in [0.15, 0.2) is 23.0 Å². The molecule has 0 amide bonds. The number of Topliss-reactive ketones (excluding diaryl/α,β-unsaturated/α-hetero) is 1. The Labute approximate surface area is 150 Å². The molecule has 2 aromatic rings. The van der Waals surface area contributed by atoms with Crippen LogP contribution in [0.1, 0.15) is 47.7 Å². The highest BCUT2D eigenvalue weighted by molar-refractivity contribution is 7.90. The van der Waals surface area contributed by atoms with Crippen LogP contribution in [0.5, 0.6) is 0 Å². The van der Waals surface area contributed by atoms with E-state index in [1.165, 1.54) is 17.6 Å². The molecule has 1 saturated carbocycles. The van der Waals surface area contributed by atoms with Gasteiger partial charge in [-0.25, -0.2) is 13.1 Å². The predicted molar refractivity (Wildman–Crippen MR) is 93.2 cm³/mol. The first-order valence-electron chi connectivity index (χ1n) is 7.90. The van der Waals surface area contributed by atoms with Gasteiger partial charge in [0.2, 0.25) is 0 Å². The molecule has 0 aromatic carbocycles. The van der Waals surface area contributed by atoms with E-state index in [9.17, 15) is 18.5 Å². The number of sulfone groups is 1. The molecule has 0 aliphatic heterocycles. The first-order chi connectivity index (χ1) is 11.8. The zero-order chi connectivity index (χ0) is 18.1. The van der Waals surface area contributed by atoms with E-state index in [-0.39, 0.29) is 23.9 Å². The van der Waals surface area contributed by atoms with Gasteiger partial charge in [-0.15, -0.1) is 5.10 Å². The van der Waals surface area contributed by atoms with Crippen molar-refractivity contribution >= 4 is 27.0 Å². The van der Waals surface area contributed by atoms with Crippen LogP contribution in [0, 0.1) is 11.3 Å². The van der Waals surface area contributed by atoms with Crippen molar-refractivity contribution in [3.63, 3.8) is 0 Å². The molecule has 25 heavy (non-hydrogen) atoms. The average Bonchev–Trinajstić information content (AvgIpc) is 3.00. The maximum Gasteiger partial charge on any atom is 0.164 e. The van der Waals surface area contributed by atoms with Crippen molar-refractivity contribution in [2.24, 2.45) is 0 Å². The minimum absolute atomic E-state index is 0.0230. The van der Waals surface area contributed by atoms with Crippen molar-refractivity contribution in [1.82, 2.24) is 15.0 Å². The number of carbonyl (C=O) groups excluding carboxylic acids is 1. The van der Waals surface area contributed by atoms with Crippen LogP contribution in [0.25, 0.3) is 0 Å². The van der Waals surface area contributed by atoms with E-state index in [1.807, 2.05) is 5.38 Å². The van der Waals surface area contributed by atoms with Gasteiger partial charge in [0.25, 0.3) is 0 Å². The van der Waals surface area contributed by atoms with Gasteiger partial charge in [-0.05, 0) is 30.7 Å². The Morgan fingerprint density at radius 3 is 2.84 bits per heavy atom. The van der Waals surface area contributed by atoms with Crippen LogP contribution in [-0.4, -0.2) is 41.2 Å². The first kappa shape index (κ1) is 17.8. The SMILES string of the molecule is CS(=O)(=O)CC[C@H](CC(=O)c1ccsc1)c1cn(C2(C#N)CC2)nn1. The summed E-state index contributed by atoms with van der Waals surface area (Å²) in [5, 5.41) is 21.0. The van der Waals surface area contributed by atoms with E-state index in [0.29, 0.717) is 17.7 Å². The van der Waals surface area contributed by atoms with E-state index >= 15 is 0 Å². The smallest absolute Gasteiger partial charge is 0.164 e. The van der Waals surface area contributed by atoms with Gasteiger partial charge in [-0.1, -0.05) is 5.21 Å². The third-order valence-corrected chi connectivity index (χ3v) is 6.07. The van der Waals surface area contributed by atoms with Crippen LogP contribution in [0.2, 0.25) is 0 Å². The molecule has 2 aromatic heterocycles. The highest BCUT2D eigenvalue weighted by atomic mass is 32.2. The number of thiophene rings is 1. The first-order valence-corrected chi connectivity index (χ1v) is 10.9. The molecule has 9 heteroatoms. The maximum absolute atomic E-state index is 12.4. The minimum atomic E-state index is -3.15. The molecular weight excluding hydrogens is 360 g/mol. The second-order valence-corrected chi connectivity index (χ2v) is 9.53. The molecule has 0 N–H and O–H groups in total. The zero-order valence-electron chi connectivity index (χ0n) is 13.8. The molecule has 2 heterocycles. The summed E-state index contributed by atoms with van der Waals surface area (Å²) in [5.41, 5.74) is 0.565. The molecule has 0 unspecified atom stereocenters. The zero-order valence-corrected chi connectivity index (χ0v) is 15.4. The van der Waals surface area contributed by atoms with Gasteiger partial charge in [-0.3, -0.25) is 4.79 Å². The normalized spacial score (nSPS) is 17.0. The van der Waals surface area contributed by atoms with Crippen LogP contribution in [0.3, 0.4) is 0 Å². The van der Waals surface area contributed by atoms with Crippen molar-refractivity contribution in [3.05, 3.63) is 34.3 Å². The molecule has 0 saturated heterocycles. The Morgan fingerprint density at radius 2 is 2.28 bits per heavy atom. The summed E-state index contributed by atoms with van der Waals surface area (Å²) in [4.78, 5) is 12.4. The summed E-state index contributed by atoms with van der Waals surface area (Å²) in [7, 11) is -3.15. The lowest BCUT2D eigenvalue weighted by molar-refractivity contribution is 0.0972. The fourth-order valence-electron chi connectivity index (χ4n) is 2.66. The van der Waals surface area contributed by atoms with Crippen molar-refractivity contribution < 1.29 is 13.2 Å². The molecule has 1 aliphatic rings. The summed E-state index contributed by atoms with van der Waals surface area (Å²) in [6, 6.07) is 4.00. The second kappa shape index (κ2) is 6.69. The number of aromatic nitrogens is 3. The highest BCUT2D eigenvalue weighted by Crippen LogP contribution is 2.42. The van der Waals surface area contributed by atoms with Gasteiger partial charge in [0.05, 0.1) is 23.7 Å². The molecule has 132 valence electrons. The Balaban J connectivity index is 1.81. The number of hydrogen-bond acceptors (Lipinski definition) is 7. The number of hydrogen-bond donors (Lipinski definition) is 0. The summed E-state index contributed by atoms with van der Waals surface area (Å²) in [6.45, 7) is 0. The molecule has 0 spiro atoms. The number of ketones is 1. The standard InChI is InChI=1S/C16H18N4O3S2/c1-25(22,23)7-3-12(8-15(21)13-2-6-24-10-13)14-9-20(19-18-14)16(11-17)4-5-16/h2,6,9-10,12H,3-5,7-8H2,1H3/t12-/m1/s1. The van der Waals surface area contributed by atoms with Gasteiger partial charge in [0, 0.05) is 29.5 Å². The number of carbonyl (C=O) groups is 1. The Kier molecular flexibility index (Phi) is 4.75. The largest absolute Gasteiger partial charge is 0.294 e. The van der Waals surface area contributed by atoms with Crippen LogP contribution in [-0.2, 0) is 15.4 Å². The Hall–Kier alpha value is -2.05. The lowest BCUT2D eigenvalue weighted by Gasteiger charge is -2.12. The summed E-state index contributed by atoms with van der Waals surface area (Å²) < 4.78 is 24.6. The fourth-order valence-corrected chi connectivity index (χ4v) is 4.03. The van der Waals surface area contributed by atoms with Gasteiger partial charge in [0.15, 0.2) is 11.3 Å². The van der Waals surface area contributed by atoms with Crippen molar-refractivity contribution in [1.29, 1.82) is 5.26 Å². The van der Waals surface area contributed by atoms with Crippen LogP contribution < -0.4 is 0 Å². The molecule has 0 radical (unpaired) electrons. The van der Waals surface area contributed by atoms with Gasteiger partial charge < -0.3 is 0 Å². The van der Waals surface area contributed by atoms with Crippen molar-refractivity contribution in [2.45, 2.75) is 37.1 Å². The van der Waals surface area contributed by atoms with E-state index in [1.54, 1.807) is 22.3 Å². The third-order valence-electron chi connectivity index (χ3n) is 4.41. The molecule has 1 atom stereocenters. The van der Waals surface area contributed by atoms with E-state index in [2.05, 4.69) is 16.4 Å². The summed E-state index contributed by atoms with van der Waals surface area (Å²) in [6.07, 6.45) is 4.79. The lowest BCUT2D eigenvalue weighted by atomic mass is 9.94. The fraction of sp³-hybridized carbons (Fsp3) is 0.500. The topological polar surface area (TPSA) is 106 Å². The van der Waals surface area contributed by atoms with Crippen LogP contribution in [0.4, 0.5) is 0 Å². The molecule has 1 fully saturated rings. The summed E-state index contributed by atoms with van der Waals surface area (Å²) in [5.74, 6) is -0.411. The van der Waals surface area contributed by atoms with Crippen LogP contribution >= 0.6 is 11.3 Å². The summed E-state index contributed by atoms with van der Waals surface area (Å²) >= 11 is 1.44. The van der Waals surface area contributed by atoms with Gasteiger partial charge in [-0.2, -0.15) is 16.6 Å². The lowest BCUT2D eigenvalue weighted by Crippen LogP contribution is -2.15. The van der Waals surface area contributed by atoms with E-state index in [4.69, 9.17) is 0 Å². The van der Waals surface area contributed by atoms with Gasteiger partial charge >= 0.3 is 0 Å². The molecule has 0 bridgehead atoms. The van der Waals surface area contributed by atoms with Gasteiger partial charge in [0.1, 0.15) is 9.84 Å². The second-order valence-electron chi connectivity index (χ2n) is 6.49. The third kappa shape index (κ3) is 4.14. The predicted octanol–water partition coefficient (Wildman–Crippen LogP) is 2.14. The number of rotatable bonds is 8. The minimum Gasteiger partial charge on any atom is -0.294 e. The Bertz CT molecular complexity index is 906. The van der Waals surface area contributed by atoms with Crippen molar-refractivity contribution in [3.8, 4) is 6.07 Å². The van der Waals surface area contributed by atoms with E-state index in [0.717, 1.165) is 12.8 Å². The van der Waals surface area contributed by atoms with E-state index < -0.39 is 15.4 Å². The number of nitrogens with zero attached hydrogens (tertiary/aromatic N) is 4. The molecule has 7 nitrogen and oxygen atoms in total. The van der Waals surface area contributed by atoms with Crippen molar-refractivity contribution in [2.75, 3.05) is 12.0 Å². The Morgan fingerprint density at radius 1 is 1.52 bits per heavy atom. The average molecular weight is 378 g/mol. The quantitative estimate of drug-likeness (QED) is 0.652. The molecule has 1 aliphatic carbocycles. The maximum atomic E-state index is 12.4. The highest BCUT2D eigenvalue weighted by Gasteiger charge is 2.46. The monoisotopic (exact) mass is 378 g/mol. The molecule has 3 rings (SSSR count).